The van der Waals surface area contributed by atoms with E-state index in [9.17, 15) is 8.42 Å². The van der Waals surface area contributed by atoms with Crippen LogP contribution in [0.5, 0.6) is 5.75 Å². The van der Waals surface area contributed by atoms with Crippen molar-refractivity contribution in [1.82, 2.24) is 4.31 Å². The normalized spacial score (nSPS) is 29.0. The van der Waals surface area contributed by atoms with E-state index in [0.717, 1.165) is 12.8 Å². The fourth-order valence-electron chi connectivity index (χ4n) is 3.50. The molecule has 3 atom stereocenters. The van der Waals surface area contributed by atoms with Gasteiger partial charge >= 0.3 is 0 Å². The summed E-state index contributed by atoms with van der Waals surface area (Å²) in [6.07, 6.45) is 2.01. The average Bonchev–Trinajstić information content (AvgIpc) is 3.05. The van der Waals surface area contributed by atoms with E-state index in [1.807, 2.05) is 6.92 Å². The van der Waals surface area contributed by atoms with Crippen LogP contribution in [-0.4, -0.2) is 45.1 Å². The van der Waals surface area contributed by atoms with Crippen LogP contribution in [0.2, 0.25) is 0 Å². The Morgan fingerprint density at radius 3 is 2.57 bits per heavy atom. The predicted molar refractivity (Wildman–Crippen MR) is 78.8 cm³/mol. The largest absolute Gasteiger partial charge is 0.497 e. The summed E-state index contributed by atoms with van der Waals surface area (Å²) < 4.78 is 38.1. The molecule has 21 heavy (non-hydrogen) atoms. The van der Waals surface area contributed by atoms with Gasteiger partial charge in [0.15, 0.2) is 0 Å². The van der Waals surface area contributed by atoms with Crippen molar-refractivity contribution in [3.8, 4) is 5.75 Å². The fraction of sp³-hybridized carbons (Fsp3) is 0.600. The van der Waals surface area contributed by atoms with E-state index in [1.165, 1.54) is 0 Å². The molecule has 2 fully saturated rings. The summed E-state index contributed by atoms with van der Waals surface area (Å²) in [5.41, 5.74) is 0. The van der Waals surface area contributed by atoms with Crippen molar-refractivity contribution in [2.75, 3.05) is 20.3 Å². The number of hydrogen-bond acceptors (Lipinski definition) is 4. The Bertz CT molecular complexity index is 599. The van der Waals surface area contributed by atoms with Crippen molar-refractivity contribution in [3.05, 3.63) is 24.3 Å². The van der Waals surface area contributed by atoms with Crippen LogP contribution in [-0.2, 0) is 14.8 Å². The number of benzene rings is 1. The third kappa shape index (κ3) is 2.45. The summed E-state index contributed by atoms with van der Waals surface area (Å²) >= 11 is 0. The van der Waals surface area contributed by atoms with E-state index < -0.39 is 10.0 Å². The Labute approximate surface area is 125 Å². The van der Waals surface area contributed by atoms with Crippen molar-refractivity contribution >= 4 is 10.0 Å². The Kier molecular flexibility index (Phi) is 3.94. The highest BCUT2D eigenvalue weighted by molar-refractivity contribution is 7.89. The number of methoxy groups -OCH3 is 1. The molecule has 1 saturated carbocycles. The molecule has 0 N–H and O–H groups in total. The first kappa shape index (κ1) is 14.8. The SMILES string of the molecule is CCO[C@@H]1[C@H]2CC[C@H]1N(S(=O)(=O)c1ccc(OC)cc1)C2. The van der Waals surface area contributed by atoms with Gasteiger partial charge in [-0.2, -0.15) is 4.31 Å². The summed E-state index contributed by atoms with van der Waals surface area (Å²) in [5, 5.41) is 0. The van der Waals surface area contributed by atoms with Gasteiger partial charge in [0.1, 0.15) is 5.75 Å². The van der Waals surface area contributed by atoms with Crippen LogP contribution in [0, 0.1) is 5.92 Å². The maximum Gasteiger partial charge on any atom is 0.243 e. The van der Waals surface area contributed by atoms with Crippen molar-refractivity contribution in [1.29, 1.82) is 0 Å². The molecular formula is C15H21NO4S. The third-order valence-electron chi connectivity index (χ3n) is 4.49. The first-order valence-corrected chi connectivity index (χ1v) is 8.79. The first-order chi connectivity index (χ1) is 10.1. The first-order valence-electron chi connectivity index (χ1n) is 7.35. The van der Waals surface area contributed by atoms with Crippen molar-refractivity contribution in [2.24, 2.45) is 5.92 Å². The van der Waals surface area contributed by atoms with Crippen LogP contribution in [0.4, 0.5) is 0 Å². The second kappa shape index (κ2) is 5.59. The van der Waals surface area contributed by atoms with Gasteiger partial charge in [0.05, 0.1) is 24.2 Å². The minimum Gasteiger partial charge on any atom is -0.497 e. The molecule has 6 heteroatoms. The monoisotopic (exact) mass is 311 g/mol. The highest BCUT2D eigenvalue weighted by atomic mass is 32.2. The van der Waals surface area contributed by atoms with E-state index in [0.29, 0.717) is 29.7 Å². The van der Waals surface area contributed by atoms with Gasteiger partial charge in [0, 0.05) is 19.1 Å². The molecule has 1 heterocycles. The van der Waals surface area contributed by atoms with Crippen LogP contribution < -0.4 is 4.74 Å². The predicted octanol–water partition coefficient (Wildman–Crippen LogP) is 1.88. The summed E-state index contributed by atoms with van der Waals surface area (Å²) in [4.78, 5) is 0.325. The Morgan fingerprint density at radius 2 is 1.95 bits per heavy atom. The van der Waals surface area contributed by atoms with Gasteiger partial charge in [-0.3, -0.25) is 0 Å². The zero-order valence-corrected chi connectivity index (χ0v) is 13.2. The van der Waals surface area contributed by atoms with E-state index in [2.05, 4.69) is 0 Å². The van der Waals surface area contributed by atoms with Crippen molar-refractivity contribution < 1.29 is 17.9 Å². The second-order valence-electron chi connectivity index (χ2n) is 5.57. The van der Waals surface area contributed by atoms with Crippen LogP contribution >= 0.6 is 0 Å². The lowest BCUT2D eigenvalue weighted by Crippen LogP contribution is -2.39. The van der Waals surface area contributed by atoms with Gasteiger partial charge in [-0.05, 0) is 44.0 Å². The number of sulfonamides is 1. The smallest absolute Gasteiger partial charge is 0.243 e. The second-order valence-corrected chi connectivity index (χ2v) is 7.47. The minimum atomic E-state index is -3.45. The topological polar surface area (TPSA) is 55.8 Å². The molecule has 116 valence electrons. The summed E-state index contributed by atoms with van der Waals surface area (Å²) in [6, 6.07) is 6.57. The van der Waals surface area contributed by atoms with Crippen molar-refractivity contribution in [2.45, 2.75) is 36.8 Å². The number of piperidine rings is 1. The molecule has 1 aliphatic heterocycles. The van der Waals surface area contributed by atoms with Gasteiger partial charge in [0.25, 0.3) is 0 Å². The maximum absolute atomic E-state index is 12.8. The molecule has 1 saturated heterocycles. The van der Waals surface area contributed by atoms with Gasteiger partial charge in [-0.1, -0.05) is 0 Å². The average molecular weight is 311 g/mol. The molecule has 5 nitrogen and oxygen atoms in total. The van der Waals surface area contributed by atoms with E-state index >= 15 is 0 Å². The lowest BCUT2D eigenvalue weighted by Gasteiger charge is -2.26. The summed E-state index contributed by atoms with van der Waals surface area (Å²) in [7, 11) is -1.88. The Balaban J connectivity index is 1.85. The highest BCUT2D eigenvalue weighted by Gasteiger charge is 2.51. The fourth-order valence-corrected chi connectivity index (χ4v) is 5.22. The lowest BCUT2D eigenvalue weighted by molar-refractivity contribution is 0.0425. The summed E-state index contributed by atoms with van der Waals surface area (Å²) in [5.74, 6) is 0.993. The minimum absolute atomic E-state index is 0.0120. The number of ether oxygens (including phenoxy) is 2. The Morgan fingerprint density at radius 1 is 1.24 bits per heavy atom. The van der Waals surface area contributed by atoms with Crippen LogP contribution in [0.1, 0.15) is 19.8 Å². The molecule has 0 unspecified atom stereocenters. The van der Waals surface area contributed by atoms with Gasteiger partial charge in [0.2, 0.25) is 10.0 Å². The van der Waals surface area contributed by atoms with Crippen LogP contribution in [0.15, 0.2) is 29.2 Å². The Hall–Kier alpha value is -1.11. The molecule has 2 aliphatic rings. The maximum atomic E-state index is 12.8. The molecule has 0 radical (unpaired) electrons. The molecule has 0 amide bonds. The summed E-state index contributed by atoms with van der Waals surface area (Å²) in [6.45, 7) is 3.16. The highest BCUT2D eigenvalue weighted by Crippen LogP contribution is 2.42. The number of hydrogen-bond donors (Lipinski definition) is 0. The van der Waals surface area contributed by atoms with Crippen molar-refractivity contribution in [3.63, 3.8) is 0 Å². The van der Waals surface area contributed by atoms with Gasteiger partial charge in [-0.15, -0.1) is 0 Å². The molecule has 1 aliphatic carbocycles. The van der Waals surface area contributed by atoms with E-state index in [-0.39, 0.29) is 12.1 Å². The molecule has 2 bridgehead atoms. The number of nitrogens with zero attached hydrogens (tertiary/aromatic N) is 1. The number of fused-ring (bicyclic) bond motifs is 2. The molecule has 3 rings (SSSR count). The third-order valence-corrected chi connectivity index (χ3v) is 6.39. The molecule has 1 aromatic carbocycles. The van der Waals surface area contributed by atoms with Crippen LogP contribution in [0.25, 0.3) is 0 Å². The standard InChI is InChI=1S/C15H21NO4S/c1-3-20-15-11-4-9-14(15)16(10-11)21(17,18)13-7-5-12(19-2)6-8-13/h5-8,11,14-15H,3-4,9-10H2,1-2H3/t11-,14+,15+/m0/s1. The lowest BCUT2D eigenvalue weighted by atomic mass is 10.1. The van der Waals surface area contributed by atoms with Crippen LogP contribution in [0.3, 0.4) is 0 Å². The zero-order valence-electron chi connectivity index (χ0n) is 12.4. The van der Waals surface area contributed by atoms with E-state index in [1.54, 1.807) is 35.7 Å². The van der Waals surface area contributed by atoms with Gasteiger partial charge < -0.3 is 9.47 Å². The quantitative estimate of drug-likeness (QED) is 0.833. The molecule has 1 aromatic rings. The van der Waals surface area contributed by atoms with Gasteiger partial charge in [-0.25, -0.2) is 8.42 Å². The molecule has 0 spiro atoms. The van der Waals surface area contributed by atoms with E-state index in [4.69, 9.17) is 9.47 Å². The molecular weight excluding hydrogens is 290 g/mol. The molecule has 0 aromatic heterocycles. The number of rotatable bonds is 5. The zero-order chi connectivity index (χ0) is 15.0.